The average molecular weight is 501 g/mol. The predicted molar refractivity (Wildman–Crippen MR) is 143 cm³/mol. The third-order valence-corrected chi connectivity index (χ3v) is 12.4. The highest BCUT2D eigenvalue weighted by Gasteiger charge is 2.72. The van der Waals surface area contributed by atoms with E-state index >= 15 is 0 Å². The van der Waals surface area contributed by atoms with Gasteiger partial charge in [-0.1, -0.05) is 74.7 Å². The van der Waals surface area contributed by atoms with Gasteiger partial charge in [0.15, 0.2) is 0 Å². The van der Waals surface area contributed by atoms with Crippen LogP contribution >= 0.6 is 0 Å². The highest BCUT2D eigenvalue weighted by molar-refractivity contribution is 5.95. The number of hydrogen-bond acceptors (Lipinski definition) is 4. The van der Waals surface area contributed by atoms with E-state index < -0.39 is 0 Å². The molecule has 0 aliphatic heterocycles. The molecule has 4 aliphatic rings. The zero-order chi connectivity index (χ0) is 26.8. The van der Waals surface area contributed by atoms with Crippen LogP contribution in [0, 0.1) is 57.2 Å². The normalized spacial score (nSPS) is 44.6. The molecule has 0 spiro atoms. The standard InChI is InChI=1S/C32H52O4/c1-19(2)11-10-12-20(3)22-13-16-31(8)28-23(34)17-25-29(5,6)26(36-21(4)33)14-15-30(25,7)27(28)24(35)18-32(22,31)9/h19-20,22,25-28H,10-18H2,1-9H3/t20-,22-,25+,26+,27+,28-,30+,31+,32-/m1/s1. The Kier molecular flexibility index (Phi) is 7.13. The Morgan fingerprint density at radius 2 is 1.58 bits per heavy atom. The van der Waals surface area contributed by atoms with Crippen molar-refractivity contribution in [3.05, 3.63) is 0 Å². The third kappa shape index (κ3) is 4.03. The Morgan fingerprint density at radius 3 is 2.19 bits per heavy atom. The molecule has 0 aromatic carbocycles. The van der Waals surface area contributed by atoms with Crippen LogP contribution in [0.5, 0.6) is 0 Å². The lowest BCUT2D eigenvalue weighted by molar-refractivity contribution is -0.206. The number of carbonyl (C=O) groups is 3. The fraction of sp³-hybridized carbons (Fsp3) is 0.906. The van der Waals surface area contributed by atoms with Crippen molar-refractivity contribution >= 4 is 17.5 Å². The summed E-state index contributed by atoms with van der Waals surface area (Å²) in [6.07, 6.45) is 8.48. The molecule has 36 heavy (non-hydrogen) atoms. The minimum Gasteiger partial charge on any atom is -0.462 e. The van der Waals surface area contributed by atoms with Crippen LogP contribution in [-0.2, 0) is 19.1 Å². The van der Waals surface area contributed by atoms with E-state index in [9.17, 15) is 14.4 Å². The first-order valence-corrected chi connectivity index (χ1v) is 14.8. The first kappa shape index (κ1) is 27.8. The molecule has 204 valence electrons. The first-order chi connectivity index (χ1) is 16.6. The molecule has 0 bridgehead atoms. The molecule has 0 aromatic rings. The van der Waals surface area contributed by atoms with Crippen molar-refractivity contribution in [2.24, 2.45) is 57.2 Å². The van der Waals surface area contributed by atoms with E-state index in [-0.39, 0.29) is 51.5 Å². The van der Waals surface area contributed by atoms with Crippen LogP contribution in [0.4, 0.5) is 0 Å². The molecule has 0 unspecified atom stereocenters. The van der Waals surface area contributed by atoms with Crippen LogP contribution in [0.1, 0.15) is 120 Å². The molecule has 4 heteroatoms. The Morgan fingerprint density at radius 1 is 0.917 bits per heavy atom. The van der Waals surface area contributed by atoms with Gasteiger partial charge < -0.3 is 4.74 Å². The molecule has 9 atom stereocenters. The number of rotatable bonds is 6. The van der Waals surface area contributed by atoms with Gasteiger partial charge in [0.25, 0.3) is 0 Å². The zero-order valence-electron chi connectivity index (χ0n) is 24.5. The van der Waals surface area contributed by atoms with Crippen molar-refractivity contribution in [3.8, 4) is 0 Å². The van der Waals surface area contributed by atoms with Crippen LogP contribution in [0.2, 0.25) is 0 Å². The number of ether oxygens (including phenoxy) is 1. The quantitative estimate of drug-likeness (QED) is 0.356. The van der Waals surface area contributed by atoms with Gasteiger partial charge in [-0.3, -0.25) is 14.4 Å². The Hall–Kier alpha value is -1.19. The van der Waals surface area contributed by atoms with Gasteiger partial charge >= 0.3 is 5.97 Å². The average Bonchev–Trinajstić information content (AvgIpc) is 3.02. The van der Waals surface area contributed by atoms with Crippen molar-refractivity contribution in [1.29, 1.82) is 0 Å². The summed E-state index contributed by atoms with van der Waals surface area (Å²) >= 11 is 0. The van der Waals surface area contributed by atoms with Crippen LogP contribution in [0.15, 0.2) is 0 Å². The lowest BCUT2D eigenvalue weighted by Crippen LogP contribution is -2.67. The minimum absolute atomic E-state index is 0.0564. The highest BCUT2D eigenvalue weighted by atomic mass is 16.5. The minimum atomic E-state index is -0.329. The van der Waals surface area contributed by atoms with E-state index in [4.69, 9.17) is 4.74 Å². The number of hydrogen-bond donors (Lipinski definition) is 0. The monoisotopic (exact) mass is 500 g/mol. The maximum atomic E-state index is 14.2. The van der Waals surface area contributed by atoms with Gasteiger partial charge in [-0.25, -0.2) is 0 Å². The molecule has 0 heterocycles. The van der Waals surface area contributed by atoms with Gasteiger partial charge in [0, 0.05) is 37.0 Å². The van der Waals surface area contributed by atoms with Gasteiger partial charge in [-0.2, -0.15) is 0 Å². The van der Waals surface area contributed by atoms with E-state index in [0.717, 1.165) is 31.6 Å². The van der Waals surface area contributed by atoms with Crippen molar-refractivity contribution in [3.63, 3.8) is 0 Å². The van der Waals surface area contributed by atoms with E-state index in [0.29, 0.717) is 36.2 Å². The fourth-order valence-electron chi connectivity index (χ4n) is 10.3. The van der Waals surface area contributed by atoms with Crippen LogP contribution in [0.3, 0.4) is 0 Å². The Bertz CT molecular complexity index is 904. The van der Waals surface area contributed by atoms with Crippen LogP contribution in [-0.4, -0.2) is 23.6 Å². The molecule has 0 aromatic heterocycles. The van der Waals surface area contributed by atoms with Gasteiger partial charge in [0.05, 0.1) is 0 Å². The molecule has 4 rings (SSSR count). The Labute approximate surface area is 220 Å². The summed E-state index contributed by atoms with van der Waals surface area (Å²) in [6, 6.07) is 0. The summed E-state index contributed by atoms with van der Waals surface area (Å²) in [6.45, 7) is 19.8. The van der Waals surface area contributed by atoms with Crippen molar-refractivity contribution in [2.45, 2.75) is 126 Å². The molecule has 4 nitrogen and oxygen atoms in total. The summed E-state index contributed by atoms with van der Waals surface area (Å²) in [5.41, 5.74) is -0.776. The summed E-state index contributed by atoms with van der Waals surface area (Å²) in [5, 5.41) is 0. The molecule has 4 aliphatic carbocycles. The lowest BCUT2D eigenvalue weighted by atomic mass is 9.37. The SMILES string of the molecule is CC(=O)O[C@H]1CC[C@]2(C)[C@H]3C(=O)C[C@]4(C)[C@@H]([C@H](C)CCCC(C)C)CC[C@@]4(C)[C@@H]3C(=O)C[C@H]2C1(C)C. The maximum absolute atomic E-state index is 14.2. The Balaban J connectivity index is 1.65. The molecule has 0 amide bonds. The predicted octanol–water partition coefficient (Wildman–Crippen LogP) is 7.42. The smallest absolute Gasteiger partial charge is 0.302 e. The van der Waals surface area contributed by atoms with Gasteiger partial charge in [0.2, 0.25) is 0 Å². The number of fused-ring (bicyclic) bond motifs is 5. The lowest BCUT2D eigenvalue weighted by Gasteiger charge is -2.65. The molecule has 4 saturated carbocycles. The molecule has 0 N–H and O–H groups in total. The van der Waals surface area contributed by atoms with E-state index in [1.807, 2.05) is 0 Å². The van der Waals surface area contributed by atoms with E-state index in [2.05, 4.69) is 55.4 Å². The van der Waals surface area contributed by atoms with Crippen molar-refractivity contribution < 1.29 is 19.1 Å². The molecular formula is C32H52O4. The van der Waals surface area contributed by atoms with Crippen LogP contribution in [0.25, 0.3) is 0 Å². The largest absolute Gasteiger partial charge is 0.462 e. The van der Waals surface area contributed by atoms with Gasteiger partial charge in [-0.15, -0.1) is 0 Å². The number of ketones is 2. The topological polar surface area (TPSA) is 60.4 Å². The summed E-state index contributed by atoms with van der Waals surface area (Å²) in [7, 11) is 0. The number of Topliss-reactive ketones (excluding diaryl/α,β-unsaturated/α-hetero) is 2. The number of esters is 1. The molecule has 0 radical (unpaired) electrons. The number of carbonyl (C=O) groups excluding carboxylic acids is 3. The van der Waals surface area contributed by atoms with E-state index in [1.54, 1.807) is 0 Å². The molecule has 4 fully saturated rings. The molecule has 0 saturated heterocycles. The second-order valence-corrected chi connectivity index (χ2v) is 15.1. The molecular weight excluding hydrogens is 448 g/mol. The maximum Gasteiger partial charge on any atom is 0.302 e. The highest BCUT2D eigenvalue weighted by Crippen LogP contribution is 2.73. The van der Waals surface area contributed by atoms with Crippen molar-refractivity contribution in [1.82, 2.24) is 0 Å². The van der Waals surface area contributed by atoms with Gasteiger partial charge in [0.1, 0.15) is 17.7 Å². The summed E-state index contributed by atoms with van der Waals surface area (Å²) < 4.78 is 5.76. The first-order valence-electron chi connectivity index (χ1n) is 14.8. The third-order valence-electron chi connectivity index (χ3n) is 12.4. The van der Waals surface area contributed by atoms with E-state index in [1.165, 1.54) is 26.2 Å². The fourth-order valence-corrected chi connectivity index (χ4v) is 10.3. The second kappa shape index (κ2) is 9.23. The van der Waals surface area contributed by atoms with Gasteiger partial charge in [-0.05, 0) is 65.6 Å². The van der Waals surface area contributed by atoms with Crippen LogP contribution < -0.4 is 0 Å². The summed E-state index contributed by atoms with van der Waals surface area (Å²) in [5.74, 6) is 1.89. The summed E-state index contributed by atoms with van der Waals surface area (Å²) in [4.78, 5) is 40.2. The second-order valence-electron chi connectivity index (χ2n) is 15.1. The zero-order valence-corrected chi connectivity index (χ0v) is 24.5. The van der Waals surface area contributed by atoms with Crippen molar-refractivity contribution in [2.75, 3.05) is 0 Å².